The van der Waals surface area contributed by atoms with E-state index < -0.39 is 6.43 Å². The molecule has 1 aliphatic carbocycles. The molecule has 6 heteroatoms. The van der Waals surface area contributed by atoms with Gasteiger partial charge in [0.1, 0.15) is 11.5 Å². The molecule has 1 aromatic rings. The van der Waals surface area contributed by atoms with Crippen molar-refractivity contribution >= 4 is 5.82 Å². The highest BCUT2D eigenvalue weighted by Gasteiger charge is 2.49. The van der Waals surface area contributed by atoms with Crippen LogP contribution in [0.5, 0.6) is 0 Å². The molecule has 104 valence electrons. The Bertz CT molecular complexity index is 467. The summed E-state index contributed by atoms with van der Waals surface area (Å²) in [4.78, 5) is 7.74. The van der Waals surface area contributed by atoms with E-state index in [0.29, 0.717) is 12.4 Å². The maximum atomic E-state index is 12.4. The molecule has 0 amide bonds. The van der Waals surface area contributed by atoms with Gasteiger partial charge in [-0.05, 0) is 26.2 Å². The van der Waals surface area contributed by atoms with E-state index >= 15 is 0 Å². The SMILES string of the molecule is CC12CCCC(Nc3cnc(C(F)F)cn3)(CO1)C2. The third-order valence-corrected chi connectivity index (χ3v) is 4.06. The van der Waals surface area contributed by atoms with Gasteiger partial charge in [-0.25, -0.2) is 18.7 Å². The largest absolute Gasteiger partial charge is 0.373 e. The van der Waals surface area contributed by atoms with Crippen molar-refractivity contribution < 1.29 is 13.5 Å². The predicted molar refractivity (Wildman–Crippen MR) is 66.2 cm³/mol. The number of ether oxygens (including phenoxy) is 1. The van der Waals surface area contributed by atoms with Gasteiger partial charge < -0.3 is 10.1 Å². The molecular formula is C13H17F2N3O. The maximum Gasteiger partial charge on any atom is 0.281 e. The molecule has 2 atom stereocenters. The van der Waals surface area contributed by atoms with Gasteiger partial charge in [-0.3, -0.25) is 0 Å². The number of nitrogens with one attached hydrogen (secondary N) is 1. The fourth-order valence-corrected chi connectivity index (χ4v) is 3.18. The number of aromatic nitrogens is 2. The number of hydrogen-bond acceptors (Lipinski definition) is 4. The van der Waals surface area contributed by atoms with Gasteiger partial charge in [0.25, 0.3) is 6.43 Å². The molecule has 1 N–H and O–H groups in total. The Morgan fingerprint density at radius 3 is 2.84 bits per heavy atom. The van der Waals surface area contributed by atoms with Gasteiger partial charge in [0.05, 0.1) is 30.1 Å². The normalized spacial score (nSPS) is 33.7. The first-order chi connectivity index (χ1) is 9.00. The fraction of sp³-hybridized carbons (Fsp3) is 0.692. The third-order valence-electron chi connectivity index (χ3n) is 4.06. The molecular weight excluding hydrogens is 252 g/mol. The zero-order valence-corrected chi connectivity index (χ0v) is 10.8. The van der Waals surface area contributed by atoms with E-state index in [-0.39, 0.29) is 16.8 Å². The van der Waals surface area contributed by atoms with Crippen molar-refractivity contribution in [2.45, 2.75) is 50.2 Å². The van der Waals surface area contributed by atoms with Crippen LogP contribution < -0.4 is 5.32 Å². The first-order valence-corrected chi connectivity index (χ1v) is 6.53. The summed E-state index contributed by atoms with van der Waals surface area (Å²) in [5.41, 5.74) is -0.463. The maximum absolute atomic E-state index is 12.4. The number of hydrogen-bond donors (Lipinski definition) is 1. The lowest BCUT2D eigenvalue weighted by Crippen LogP contribution is -2.43. The molecule has 2 bridgehead atoms. The Morgan fingerprint density at radius 1 is 1.32 bits per heavy atom. The van der Waals surface area contributed by atoms with Crippen LogP contribution in [0.25, 0.3) is 0 Å². The lowest BCUT2D eigenvalue weighted by molar-refractivity contribution is 0.0148. The molecule has 1 aromatic heterocycles. The van der Waals surface area contributed by atoms with Crippen LogP contribution in [0.4, 0.5) is 14.6 Å². The molecule has 0 radical (unpaired) electrons. The van der Waals surface area contributed by atoms with Gasteiger partial charge in [-0.2, -0.15) is 0 Å². The van der Waals surface area contributed by atoms with Gasteiger partial charge in [0.2, 0.25) is 0 Å². The van der Waals surface area contributed by atoms with Crippen molar-refractivity contribution in [2.75, 3.05) is 11.9 Å². The third kappa shape index (κ3) is 2.41. The number of alkyl halides is 2. The average Bonchev–Trinajstić information content (AvgIpc) is 2.60. The van der Waals surface area contributed by atoms with E-state index in [1.165, 1.54) is 6.20 Å². The minimum Gasteiger partial charge on any atom is -0.373 e. The Morgan fingerprint density at radius 2 is 2.16 bits per heavy atom. The van der Waals surface area contributed by atoms with Crippen LogP contribution in [0.2, 0.25) is 0 Å². The van der Waals surface area contributed by atoms with Crippen molar-refractivity contribution in [1.29, 1.82) is 0 Å². The fourth-order valence-electron chi connectivity index (χ4n) is 3.18. The number of rotatable bonds is 3. The minimum atomic E-state index is -2.58. The number of halogens is 2. The minimum absolute atomic E-state index is 0.0540. The number of nitrogens with zero attached hydrogens (tertiary/aromatic N) is 2. The van der Waals surface area contributed by atoms with Gasteiger partial charge in [0.15, 0.2) is 0 Å². The van der Waals surface area contributed by atoms with E-state index in [2.05, 4.69) is 22.2 Å². The monoisotopic (exact) mass is 269 g/mol. The van der Waals surface area contributed by atoms with Gasteiger partial charge in [0, 0.05) is 6.42 Å². The van der Waals surface area contributed by atoms with E-state index in [0.717, 1.165) is 31.9 Å². The van der Waals surface area contributed by atoms with Gasteiger partial charge in [-0.15, -0.1) is 0 Å². The summed E-state index contributed by atoms with van der Waals surface area (Å²) >= 11 is 0. The molecule has 0 aromatic carbocycles. The van der Waals surface area contributed by atoms with Crippen molar-refractivity contribution in [3.63, 3.8) is 0 Å². The second-order valence-corrected chi connectivity index (χ2v) is 5.80. The lowest BCUT2D eigenvalue weighted by atomic mass is 9.77. The van der Waals surface area contributed by atoms with Crippen LogP contribution in [0, 0.1) is 0 Å². The second kappa shape index (κ2) is 4.37. The summed E-state index contributed by atoms with van der Waals surface area (Å²) in [5.74, 6) is 0.541. The van der Waals surface area contributed by atoms with E-state index in [4.69, 9.17) is 4.74 Å². The topological polar surface area (TPSA) is 47.0 Å². The smallest absolute Gasteiger partial charge is 0.281 e. The first-order valence-electron chi connectivity index (χ1n) is 6.53. The van der Waals surface area contributed by atoms with Crippen LogP contribution in [0.3, 0.4) is 0 Å². The molecule has 2 aliphatic rings. The quantitative estimate of drug-likeness (QED) is 0.916. The molecule has 3 rings (SSSR count). The Hall–Kier alpha value is -1.30. The Labute approximate surface area is 110 Å². The molecule has 1 saturated heterocycles. The summed E-state index contributed by atoms with van der Waals surface area (Å²) in [7, 11) is 0. The first kappa shape index (κ1) is 12.7. The standard InChI is InChI=1S/C13H17F2N3O/c1-12-3-2-4-13(7-12,8-19-12)18-10-6-16-9(5-17-10)11(14)15/h5-6,11H,2-4,7-8H2,1H3,(H,17,18). The van der Waals surface area contributed by atoms with Crippen LogP contribution >= 0.6 is 0 Å². The summed E-state index contributed by atoms with van der Waals surface area (Å²) in [6, 6.07) is 0. The van der Waals surface area contributed by atoms with E-state index in [1.807, 2.05) is 0 Å². The van der Waals surface area contributed by atoms with Crippen molar-refractivity contribution in [3.8, 4) is 0 Å². The summed E-state index contributed by atoms with van der Waals surface area (Å²) < 4.78 is 30.7. The molecule has 2 fully saturated rings. The number of fused-ring (bicyclic) bond motifs is 2. The van der Waals surface area contributed by atoms with Gasteiger partial charge >= 0.3 is 0 Å². The Kier molecular flexibility index (Phi) is 2.92. The average molecular weight is 269 g/mol. The molecule has 19 heavy (non-hydrogen) atoms. The van der Waals surface area contributed by atoms with Gasteiger partial charge in [-0.1, -0.05) is 0 Å². The Balaban J connectivity index is 1.74. The highest BCUT2D eigenvalue weighted by molar-refractivity contribution is 5.37. The molecule has 4 nitrogen and oxygen atoms in total. The van der Waals surface area contributed by atoms with Crippen LogP contribution in [0.15, 0.2) is 12.4 Å². The van der Waals surface area contributed by atoms with Crippen molar-refractivity contribution in [3.05, 3.63) is 18.1 Å². The molecule has 0 spiro atoms. The second-order valence-electron chi connectivity index (χ2n) is 5.80. The van der Waals surface area contributed by atoms with Crippen molar-refractivity contribution in [1.82, 2.24) is 9.97 Å². The van der Waals surface area contributed by atoms with Crippen LogP contribution in [-0.2, 0) is 4.74 Å². The highest BCUT2D eigenvalue weighted by atomic mass is 19.3. The molecule has 1 aliphatic heterocycles. The summed E-state index contributed by atoms with van der Waals surface area (Å²) in [6.45, 7) is 2.77. The number of anilines is 1. The highest BCUT2D eigenvalue weighted by Crippen LogP contribution is 2.45. The van der Waals surface area contributed by atoms with Crippen LogP contribution in [-0.4, -0.2) is 27.7 Å². The summed E-state index contributed by atoms with van der Waals surface area (Å²) in [5, 5.41) is 3.33. The van der Waals surface area contributed by atoms with E-state index in [9.17, 15) is 8.78 Å². The summed E-state index contributed by atoms with van der Waals surface area (Å²) in [6.07, 6.45) is 4.05. The molecule has 1 saturated carbocycles. The van der Waals surface area contributed by atoms with E-state index in [1.54, 1.807) is 0 Å². The lowest BCUT2D eigenvalue weighted by Gasteiger charge is -2.35. The zero-order valence-electron chi connectivity index (χ0n) is 10.8. The molecule has 2 heterocycles. The predicted octanol–water partition coefficient (Wildman–Crippen LogP) is 2.93. The zero-order chi connectivity index (χ0) is 13.5. The molecule has 2 unspecified atom stereocenters. The van der Waals surface area contributed by atoms with Crippen molar-refractivity contribution in [2.24, 2.45) is 0 Å². The van der Waals surface area contributed by atoms with Crippen LogP contribution in [0.1, 0.15) is 44.7 Å².